The van der Waals surface area contributed by atoms with Crippen molar-refractivity contribution in [1.82, 2.24) is 9.55 Å². The molecule has 26 heavy (non-hydrogen) atoms. The van der Waals surface area contributed by atoms with Crippen LogP contribution in [0.3, 0.4) is 0 Å². The standard InChI is InChI=1S/C17H18ClN3O4S/c1-4-25-16(24)12-8-19-17(26-3)21(15(12)23)9-14(22)20-11-6-5-10(2)13(18)7-11/h5-8H,4,9H2,1-3H3,(H,20,22). The van der Waals surface area contributed by atoms with Gasteiger partial charge in [-0.3, -0.25) is 14.2 Å². The Hall–Kier alpha value is -2.32. The van der Waals surface area contributed by atoms with E-state index in [0.29, 0.717) is 15.9 Å². The highest BCUT2D eigenvalue weighted by molar-refractivity contribution is 7.98. The van der Waals surface area contributed by atoms with E-state index >= 15 is 0 Å². The summed E-state index contributed by atoms with van der Waals surface area (Å²) in [6, 6.07) is 5.12. The van der Waals surface area contributed by atoms with E-state index in [1.54, 1.807) is 31.4 Å². The minimum absolute atomic E-state index is 0.136. The van der Waals surface area contributed by atoms with Crippen LogP contribution < -0.4 is 10.9 Å². The molecule has 7 nitrogen and oxygen atoms in total. The van der Waals surface area contributed by atoms with Crippen LogP contribution in [0.5, 0.6) is 0 Å². The van der Waals surface area contributed by atoms with E-state index in [9.17, 15) is 14.4 Å². The summed E-state index contributed by atoms with van der Waals surface area (Å²) in [5.41, 5.74) is 0.562. The lowest BCUT2D eigenvalue weighted by Gasteiger charge is -2.12. The van der Waals surface area contributed by atoms with Gasteiger partial charge in [-0.15, -0.1) is 0 Å². The molecule has 0 unspecified atom stereocenters. The van der Waals surface area contributed by atoms with Crippen molar-refractivity contribution in [2.24, 2.45) is 0 Å². The van der Waals surface area contributed by atoms with Crippen LogP contribution in [-0.2, 0) is 16.1 Å². The minimum Gasteiger partial charge on any atom is -0.462 e. The molecule has 0 saturated heterocycles. The van der Waals surface area contributed by atoms with E-state index in [0.717, 1.165) is 10.1 Å². The van der Waals surface area contributed by atoms with Crippen LogP contribution in [-0.4, -0.2) is 34.3 Å². The summed E-state index contributed by atoms with van der Waals surface area (Å²) in [5, 5.41) is 3.52. The first-order valence-corrected chi connectivity index (χ1v) is 9.34. The maximum Gasteiger partial charge on any atom is 0.345 e. The molecule has 1 heterocycles. The molecule has 1 N–H and O–H groups in total. The number of carbonyl (C=O) groups excluding carboxylic acids is 2. The monoisotopic (exact) mass is 395 g/mol. The lowest BCUT2D eigenvalue weighted by molar-refractivity contribution is -0.116. The van der Waals surface area contributed by atoms with Crippen molar-refractivity contribution in [3.8, 4) is 0 Å². The molecule has 0 saturated carbocycles. The number of aromatic nitrogens is 2. The van der Waals surface area contributed by atoms with E-state index in [2.05, 4.69) is 10.3 Å². The second-order valence-electron chi connectivity index (χ2n) is 5.28. The number of thioether (sulfide) groups is 1. The fraction of sp³-hybridized carbons (Fsp3) is 0.294. The third-order valence-electron chi connectivity index (χ3n) is 3.45. The van der Waals surface area contributed by atoms with Gasteiger partial charge in [0.1, 0.15) is 12.1 Å². The summed E-state index contributed by atoms with van der Waals surface area (Å²) in [4.78, 5) is 40.8. The number of anilines is 1. The number of ether oxygens (including phenoxy) is 1. The van der Waals surface area contributed by atoms with Gasteiger partial charge in [-0.2, -0.15) is 0 Å². The van der Waals surface area contributed by atoms with Crippen LogP contribution in [0.2, 0.25) is 5.02 Å². The van der Waals surface area contributed by atoms with Gasteiger partial charge >= 0.3 is 5.97 Å². The first kappa shape index (κ1) is 20.0. The fourth-order valence-corrected chi connectivity index (χ4v) is 2.85. The molecule has 0 atom stereocenters. The smallest absolute Gasteiger partial charge is 0.345 e. The average Bonchev–Trinajstić information content (AvgIpc) is 2.60. The molecule has 0 spiro atoms. The van der Waals surface area contributed by atoms with Gasteiger partial charge in [0.25, 0.3) is 5.56 Å². The number of nitrogens with zero attached hydrogens (tertiary/aromatic N) is 2. The largest absolute Gasteiger partial charge is 0.462 e. The maximum atomic E-state index is 12.6. The lowest BCUT2D eigenvalue weighted by Crippen LogP contribution is -2.33. The first-order chi connectivity index (χ1) is 12.4. The fourth-order valence-electron chi connectivity index (χ4n) is 2.14. The highest BCUT2D eigenvalue weighted by Gasteiger charge is 2.18. The molecule has 9 heteroatoms. The highest BCUT2D eigenvalue weighted by Crippen LogP contribution is 2.20. The Labute approximate surface area is 159 Å². The number of aryl methyl sites for hydroxylation is 1. The predicted octanol–water partition coefficient (Wildman–Crippen LogP) is 2.74. The van der Waals surface area contributed by atoms with Gasteiger partial charge in [-0.05, 0) is 37.8 Å². The van der Waals surface area contributed by atoms with Crippen molar-refractivity contribution < 1.29 is 14.3 Å². The number of nitrogens with one attached hydrogen (secondary N) is 1. The molecule has 0 aliphatic rings. The minimum atomic E-state index is -0.767. The van der Waals surface area contributed by atoms with Gasteiger partial charge < -0.3 is 10.1 Å². The third-order valence-corrected chi connectivity index (χ3v) is 4.54. The van der Waals surface area contributed by atoms with Gasteiger partial charge in [-0.25, -0.2) is 9.78 Å². The van der Waals surface area contributed by atoms with Gasteiger partial charge in [0.2, 0.25) is 5.91 Å². The Morgan fingerprint density at radius 2 is 2.12 bits per heavy atom. The van der Waals surface area contributed by atoms with E-state index in [-0.39, 0.29) is 18.7 Å². The zero-order valence-electron chi connectivity index (χ0n) is 14.5. The molecular weight excluding hydrogens is 378 g/mol. The van der Waals surface area contributed by atoms with Crippen LogP contribution in [0.25, 0.3) is 0 Å². The summed E-state index contributed by atoms with van der Waals surface area (Å²) >= 11 is 7.24. The summed E-state index contributed by atoms with van der Waals surface area (Å²) in [6.07, 6.45) is 2.89. The Bertz CT molecular complexity index is 898. The number of rotatable bonds is 6. The Morgan fingerprint density at radius 3 is 2.73 bits per heavy atom. The number of carbonyl (C=O) groups is 2. The lowest BCUT2D eigenvalue weighted by atomic mass is 10.2. The van der Waals surface area contributed by atoms with Crippen molar-refractivity contribution in [2.75, 3.05) is 18.2 Å². The summed E-state index contributed by atoms with van der Waals surface area (Å²) in [7, 11) is 0. The second-order valence-corrected chi connectivity index (χ2v) is 6.46. The average molecular weight is 396 g/mol. The number of halogens is 1. The van der Waals surface area contributed by atoms with Gasteiger partial charge in [0.05, 0.1) is 12.8 Å². The summed E-state index contributed by atoms with van der Waals surface area (Å²) < 4.78 is 5.99. The number of hydrogen-bond donors (Lipinski definition) is 1. The number of amides is 1. The molecule has 2 rings (SSSR count). The summed E-state index contributed by atoms with van der Waals surface area (Å²) in [5.74, 6) is -1.21. The molecule has 1 aromatic carbocycles. The normalized spacial score (nSPS) is 10.5. The van der Waals surface area contributed by atoms with Crippen LogP contribution >= 0.6 is 23.4 Å². The predicted molar refractivity (Wildman–Crippen MR) is 101 cm³/mol. The van der Waals surface area contributed by atoms with Gasteiger partial charge in [-0.1, -0.05) is 29.4 Å². The van der Waals surface area contributed by atoms with Gasteiger partial charge in [0, 0.05) is 10.7 Å². The van der Waals surface area contributed by atoms with Crippen LogP contribution in [0.4, 0.5) is 5.69 Å². The molecule has 1 aromatic heterocycles. The van der Waals surface area contributed by atoms with E-state index in [4.69, 9.17) is 16.3 Å². The van der Waals surface area contributed by atoms with E-state index < -0.39 is 17.4 Å². The quantitative estimate of drug-likeness (QED) is 0.459. The third kappa shape index (κ3) is 4.64. The van der Waals surface area contributed by atoms with Crippen molar-refractivity contribution in [1.29, 1.82) is 0 Å². The van der Waals surface area contributed by atoms with Crippen molar-refractivity contribution in [3.63, 3.8) is 0 Å². The molecule has 0 aliphatic carbocycles. The zero-order chi connectivity index (χ0) is 19.3. The van der Waals surface area contributed by atoms with Crippen molar-refractivity contribution in [2.45, 2.75) is 25.5 Å². The molecular formula is C17H18ClN3O4S. The number of hydrogen-bond acceptors (Lipinski definition) is 6. The maximum absolute atomic E-state index is 12.6. The molecule has 0 aliphatic heterocycles. The Balaban J connectivity index is 2.27. The van der Waals surface area contributed by atoms with Crippen LogP contribution in [0, 0.1) is 6.92 Å². The second kappa shape index (κ2) is 8.86. The summed E-state index contributed by atoms with van der Waals surface area (Å²) in [6.45, 7) is 3.34. The first-order valence-electron chi connectivity index (χ1n) is 7.74. The Kier molecular flexibility index (Phi) is 6.82. The molecule has 0 radical (unpaired) electrons. The SMILES string of the molecule is CCOC(=O)c1cnc(SC)n(CC(=O)Nc2ccc(C)c(Cl)c2)c1=O. The van der Waals surface area contributed by atoms with Crippen LogP contribution in [0.1, 0.15) is 22.8 Å². The zero-order valence-corrected chi connectivity index (χ0v) is 16.1. The van der Waals surface area contributed by atoms with Crippen LogP contribution in [0.15, 0.2) is 34.3 Å². The van der Waals surface area contributed by atoms with Gasteiger partial charge in [0.15, 0.2) is 5.16 Å². The van der Waals surface area contributed by atoms with E-state index in [1.807, 2.05) is 6.92 Å². The molecule has 0 fully saturated rings. The molecule has 0 bridgehead atoms. The number of esters is 1. The molecule has 138 valence electrons. The van der Waals surface area contributed by atoms with E-state index in [1.165, 1.54) is 18.0 Å². The van der Waals surface area contributed by atoms with Crippen molar-refractivity contribution >= 4 is 40.9 Å². The number of benzene rings is 1. The molecule has 2 aromatic rings. The topological polar surface area (TPSA) is 90.3 Å². The Morgan fingerprint density at radius 1 is 1.38 bits per heavy atom. The molecule has 1 amide bonds. The highest BCUT2D eigenvalue weighted by atomic mass is 35.5. The van der Waals surface area contributed by atoms with Crippen molar-refractivity contribution in [3.05, 3.63) is 50.9 Å².